The van der Waals surface area contributed by atoms with E-state index in [4.69, 9.17) is 0 Å². The van der Waals surface area contributed by atoms with Crippen molar-refractivity contribution in [1.29, 1.82) is 0 Å². The van der Waals surface area contributed by atoms with Gasteiger partial charge in [-0.15, -0.1) is 11.3 Å². The molecule has 0 amide bonds. The van der Waals surface area contributed by atoms with Gasteiger partial charge in [-0.3, -0.25) is 4.90 Å². The third kappa shape index (κ3) is 6.89. The van der Waals surface area contributed by atoms with Gasteiger partial charge in [0.15, 0.2) is 0 Å². The summed E-state index contributed by atoms with van der Waals surface area (Å²) in [6.07, 6.45) is 2.50. The highest BCUT2D eigenvalue weighted by molar-refractivity contribution is 9.11. The summed E-state index contributed by atoms with van der Waals surface area (Å²) in [4.78, 5) is 2.48. The van der Waals surface area contributed by atoms with Crippen molar-refractivity contribution in [2.75, 3.05) is 20.1 Å². The van der Waals surface area contributed by atoms with Crippen molar-refractivity contribution in [3.05, 3.63) is 20.8 Å². The Kier molecular flexibility index (Phi) is 8.23. The number of nitrogens with zero attached hydrogens (tertiary/aromatic N) is 1. The highest BCUT2D eigenvalue weighted by Crippen LogP contribution is 2.22. The Hall–Kier alpha value is 0.100. The van der Waals surface area contributed by atoms with E-state index in [1.165, 1.54) is 22.2 Å². The molecule has 0 aliphatic carbocycles. The van der Waals surface area contributed by atoms with Gasteiger partial charge < -0.3 is 5.32 Å². The molecule has 1 N–H and O–H groups in total. The number of rotatable bonds is 9. The average Bonchev–Trinajstić information content (AvgIpc) is 2.73. The molecule has 0 fully saturated rings. The molecule has 110 valence electrons. The van der Waals surface area contributed by atoms with Crippen molar-refractivity contribution >= 4 is 27.3 Å². The number of hydrogen-bond donors (Lipinski definition) is 1. The van der Waals surface area contributed by atoms with E-state index in [-0.39, 0.29) is 0 Å². The predicted molar refractivity (Wildman–Crippen MR) is 89.9 cm³/mol. The molecule has 0 saturated carbocycles. The molecular formula is C15H27BrN2S. The Labute approximate surface area is 130 Å². The van der Waals surface area contributed by atoms with Gasteiger partial charge in [0.2, 0.25) is 0 Å². The fourth-order valence-electron chi connectivity index (χ4n) is 2.20. The van der Waals surface area contributed by atoms with E-state index in [0.717, 1.165) is 25.6 Å². The lowest BCUT2D eigenvalue weighted by Gasteiger charge is -2.28. The maximum atomic E-state index is 3.59. The summed E-state index contributed by atoms with van der Waals surface area (Å²) in [5, 5.41) is 5.83. The molecule has 0 aromatic carbocycles. The fourth-order valence-corrected chi connectivity index (χ4v) is 3.40. The van der Waals surface area contributed by atoms with Crippen LogP contribution in [0.5, 0.6) is 0 Å². The first-order chi connectivity index (χ1) is 9.02. The second-order valence-corrected chi connectivity index (χ2v) is 7.96. The minimum atomic E-state index is 0.627. The van der Waals surface area contributed by atoms with Gasteiger partial charge >= 0.3 is 0 Å². The summed E-state index contributed by atoms with van der Waals surface area (Å²) in [6, 6.07) is 2.86. The van der Waals surface area contributed by atoms with Crippen LogP contribution in [0.2, 0.25) is 0 Å². The van der Waals surface area contributed by atoms with E-state index in [1.54, 1.807) is 11.3 Å². The number of nitrogens with one attached hydrogen (secondary N) is 1. The first-order valence-electron chi connectivity index (χ1n) is 7.16. The van der Waals surface area contributed by atoms with E-state index in [1.807, 2.05) is 0 Å². The zero-order chi connectivity index (χ0) is 14.3. The maximum absolute atomic E-state index is 3.59. The highest BCUT2D eigenvalue weighted by Gasteiger charge is 2.14. The standard InChI is InChI=1S/C15H27BrN2S/c1-5-6-14(9-17-8-12(2)3)18(4)10-13-7-15(16)19-11-13/h7,11-12,14,17H,5-6,8-10H2,1-4H3. The monoisotopic (exact) mass is 346 g/mol. The van der Waals surface area contributed by atoms with E-state index >= 15 is 0 Å². The van der Waals surface area contributed by atoms with Crippen molar-refractivity contribution in [3.8, 4) is 0 Å². The van der Waals surface area contributed by atoms with E-state index < -0.39 is 0 Å². The van der Waals surface area contributed by atoms with E-state index in [9.17, 15) is 0 Å². The lowest BCUT2D eigenvalue weighted by atomic mass is 10.1. The number of hydrogen-bond acceptors (Lipinski definition) is 3. The second kappa shape index (κ2) is 9.11. The van der Waals surface area contributed by atoms with Crippen LogP contribution >= 0.6 is 27.3 Å². The van der Waals surface area contributed by atoms with Crippen molar-refractivity contribution in [3.63, 3.8) is 0 Å². The topological polar surface area (TPSA) is 15.3 Å². The van der Waals surface area contributed by atoms with Crippen LogP contribution in [0.1, 0.15) is 39.2 Å². The van der Waals surface area contributed by atoms with Crippen LogP contribution in [0.25, 0.3) is 0 Å². The molecule has 1 rings (SSSR count). The lowest BCUT2D eigenvalue weighted by molar-refractivity contribution is 0.213. The number of likely N-dealkylation sites (N-methyl/N-ethyl adjacent to an activating group) is 1. The Morgan fingerprint density at radius 3 is 2.63 bits per heavy atom. The first kappa shape index (κ1) is 17.2. The summed E-state index contributed by atoms with van der Waals surface area (Å²) in [5.41, 5.74) is 1.41. The van der Waals surface area contributed by atoms with Crippen molar-refractivity contribution < 1.29 is 0 Å². The van der Waals surface area contributed by atoms with Gasteiger partial charge in [-0.1, -0.05) is 27.2 Å². The normalized spacial score (nSPS) is 13.4. The summed E-state index contributed by atoms with van der Waals surface area (Å²) in [7, 11) is 2.24. The maximum Gasteiger partial charge on any atom is 0.0701 e. The molecule has 0 aliphatic rings. The Balaban J connectivity index is 2.44. The molecule has 0 radical (unpaired) electrons. The minimum Gasteiger partial charge on any atom is -0.315 e. The molecule has 19 heavy (non-hydrogen) atoms. The van der Waals surface area contributed by atoms with Crippen LogP contribution in [0.15, 0.2) is 15.2 Å². The fraction of sp³-hybridized carbons (Fsp3) is 0.733. The summed E-state index contributed by atoms with van der Waals surface area (Å²) in [5.74, 6) is 0.723. The summed E-state index contributed by atoms with van der Waals surface area (Å²) in [6.45, 7) is 10.0. The van der Waals surface area contributed by atoms with Crippen LogP contribution in [0.3, 0.4) is 0 Å². The van der Waals surface area contributed by atoms with Crippen LogP contribution in [-0.2, 0) is 6.54 Å². The van der Waals surface area contributed by atoms with Crippen molar-refractivity contribution in [2.24, 2.45) is 5.92 Å². The third-order valence-corrected chi connectivity index (χ3v) is 4.78. The van der Waals surface area contributed by atoms with Crippen molar-refractivity contribution in [2.45, 2.75) is 46.2 Å². The van der Waals surface area contributed by atoms with Crippen LogP contribution < -0.4 is 5.32 Å². The molecule has 1 aromatic rings. The van der Waals surface area contributed by atoms with Gasteiger partial charge in [0, 0.05) is 19.1 Å². The smallest absolute Gasteiger partial charge is 0.0701 e. The average molecular weight is 347 g/mol. The van der Waals surface area contributed by atoms with Crippen LogP contribution in [0.4, 0.5) is 0 Å². The van der Waals surface area contributed by atoms with E-state index in [0.29, 0.717) is 6.04 Å². The summed E-state index contributed by atoms with van der Waals surface area (Å²) >= 11 is 5.30. The zero-order valence-corrected chi connectivity index (χ0v) is 15.0. The van der Waals surface area contributed by atoms with Crippen LogP contribution in [0, 0.1) is 5.92 Å². The molecule has 0 bridgehead atoms. The van der Waals surface area contributed by atoms with Crippen LogP contribution in [-0.4, -0.2) is 31.1 Å². The largest absolute Gasteiger partial charge is 0.315 e. The van der Waals surface area contributed by atoms with Gasteiger partial charge in [0.05, 0.1) is 3.79 Å². The minimum absolute atomic E-state index is 0.627. The molecule has 0 aliphatic heterocycles. The van der Waals surface area contributed by atoms with Gasteiger partial charge in [-0.25, -0.2) is 0 Å². The third-order valence-electron chi connectivity index (χ3n) is 3.23. The van der Waals surface area contributed by atoms with Gasteiger partial charge in [-0.05, 0) is 58.9 Å². The van der Waals surface area contributed by atoms with E-state index in [2.05, 4.69) is 65.4 Å². The SMILES string of the molecule is CCCC(CNCC(C)C)N(C)Cc1csc(Br)c1. The van der Waals surface area contributed by atoms with Crippen molar-refractivity contribution in [1.82, 2.24) is 10.2 Å². The quantitative estimate of drug-likeness (QED) is 0.714. The molecule has 0 saturated heterocycles. The van der Waals surface area contributed by atoms with Gasteiger partial charge in [0.1, 0.15) is 0 Å². The Morgan fingerprint density at radius 1 is 1.37 bits per heavy atom. The molecule has 0 spiro atoms. The molecular weight excluding hydrogens is 320 g/mol. The lowest BCUT2D eigenvalue weighted by Crippen LogP contribution is -2.40. The zero-order valence-electron chi connectivity index (χ0n) is 12.6. The second-order valence-electron chi connectivity index (χ2n) is 5.67. The van der Waals surface area contributed by atoms with Gasteiger partial charge in [0.25, 0.3) is 0 Å². The van der Waals surface area contributed by atoms with Gasteiger partial charge in [-0.2, -0.15) is 0 Å². The highest BCUT2D eigenvalue weighted by atomic mass is 79.9. The summed E-state index contributed by atoms with van der Waals surface area (Å²) < 4.78 is 1.22. The molecule has 1 unspecified atom stereocenters. The molecule has 1 aromatic heterocycles. The Bertz CT molecular complexity index is 352. The Morgan fingerprint density at radius 2 is 2.11 bits per heavy atom. The molecule has 1 heterocycles. The predicted octanol–water partition coefficient (Wildman–Crippen LogP) is 4.36. The first-order valence-corrected chi connectivity index (χ1v) is 8.84. The molecule has 4 heteroatoms. The molecule has 1 atom stereocenters. The number of thiophene rings is 1. The molecule has 2 nitrogen and oxygen atoms in total. The number of halogens is 1.